The van der Waals surface area contributed by atoms with Gasteiger partial charge in [0.2, 0.25) is 5.82 Å². The molecule has 0 atom stereocenters. The molecule has 2 aromatic heterocycles. The number of hydrogen-bond donors (Lipinski definition) is 1. The van der Waals surface area contributed by atoms with Crippen molar-refractivity contribution in [3.05, 3.63) is 18.0 Å². The average Bonchev–Trinajstić information content (AvgIpc) is 2.82. The summed E-state index contributed by atoms with van der Waals surface area (Å²) in [6.45, 7) is 1.80. The van der Waals surface area contributed by atoms with E-state index in [0.29, 0.717) is 11.3 Å². The highest BCUT2D eigenvalue weighted by Crippen LogP contribution is 2.29. The van der Waals surface area contributed by atoms with Crippen molar-refractivity contribution in [3.8, 4) is 0 Å². The van der Waals surface area contributed by atoms with Crippen LogP contribution < -0.4 is 4.90 Å². The molecule has 4 nitrogen and oxygen atoms in total. The molecule has 1 fully saturated rings. The number of fused-ring (bicyclic) bond motifs is 1. The number of imidazole rings is 1. The molecule has 0 saturated carbocycles. The second kappa shape index (κ2) is 4.40. The molecule has 1 saturated heterocycles. The normalized spacial score (nSPS) is 17.1. The van der Waals surface area contributed by atoms with Gasteiger partial charge in [0.25, 0.3) is 0 Å². The van der Waals surface area contributed by atoms with Crippen LogP contribution in [0.5, 0.6) is 0 Å². The molecule has 1 N–H and O–H groups in total. The summed E-state index contributed by atoms with van der Waals surface area (Å²) in [6, 6.07) is 3.35. The van der Waals surface area contributed by atoms with Crippen molar-refractivity contribution in [2.75, 3.05) is 18.0 Å². The van der Waals surface area contributed by atoms with Crippen LogP contribution in [0.3, 0.4) is 0 Å². The highest BCUT2D eigenvalue weighted by Gasteiger charge is 2.35. The molecule has 102 valence electrons. The lowest BCUT2D eigenvalue weighted by Crippen LogP contribution is -2.30. The summed E-state index contributed by atoms with van der Waals surface area (Å²) in [5.74, 6) is -0.293. The van der Waals surface area contributed by atoms with Crippen LogP contribution in [0, 0.1) is 0 Å². The van der Waals surface area contributed by atoms with Crippen molar-refractivity contribution in [1.82, 2.24) is 15.0 Å². The highest BCUT2D eigenvalue weighted by molar-refractivity contribution is 5.73. The third-order valence-electron chi connectivity index (χ3n) is 3.28. The number of H-pyrrole nitrogens is 1. The highest BCUT2D eigenvalue weighted by atomic mass is 19.4. The number of nitrogens with zero attached hydrogens (tertiary/aromatic N) is 3. The smallest absolute Gasteiger partial charge is 0.357 e. The van der Waals surface area contributed by atoms with Crippen LogP contribution in [-0.2, 0) is 6.18 Å². The predicted octanol–water partition coefficient (Wildman–Crippen LogP) is 2.97. The third-order valence-corrected chi connectivity index (χ3v) is 3.28. The maximum Gasteiger partial charge on any atom is 0.449 e. The van der Waals surface area contributed by atoms with Gasteiger partial charge in [0.05, 0.1) is 5.52 Å². The van der Waals surface area contributed by atoms with Gasteiger partial charge in [-0.3, -0.25) is 0 Å². The number of halogens is 3. The molecule has 0 bridgehead atoms. The van der Waals surface area contributed by atoms with Crippen molar-refractivity contribution in [1.29, 1.82) is 0 Å². The number of aromatic nitrogens is 3. The van der Waals surface area contributed by atoms with Crippen molar-refractivity contribution in [3.63, 3.8) is 0 Å². The number of hydrogen-bond acceptors (Lipinski definition) is 3. The van der Waals surface area contributed by atoms with Gasteiger partial charge >= 0.3 is 6.18 Å². The Kier molecular flexibility index (Phi) is 2.83. The lowest BCUT2D eigenvalue weighted by atomic mass is 10.1. The lowest BCUT2D eigenvalue weighted by Gasteiger charge is -2.27. The Hall–Kier alpha value is -1.79. The van der Waals surface area contributed by atoms with Crippen LogP contribution in [0.25, 0.3) is 11.2 Å². The summed E-state index contributed by atoms with van der Waals surface area (Å²) < 4.78 is 37.6. The monoisotopic (exact) mass is 270 g/mol. The van der Waals surface area contributed by atoms with Crippen LogP contribution in [0.2, 0.25) is 0 Å². The van der Waals surface area contributed by atoms with Crippen molar-refractivity contribution < 1.29 is 13.2 Å². The van der Waals surface area contributed by atoms with E-state index in [2.05, 4.69) is 19.9 Å². The minimum Gasteiger partial charge on any atom is -0.357 e. The predicted molar refractivity (Wildman–Crippen MR) is 65.0 cm³/mol. The topological polar surface area (TPSA) is 44.8 Å². The van der Waals surface area contributed by atoms with Crippen LogP contribution >= 0.6 is 0 Å². The summed E-state index contributed by atoms with van der Waals surface area (Å²) in [7, 11) is 0. The van der Waals surface area contributed by atoms with E-state index < -0.39 is 12.0 Å². The van der Waals surface area contributed by atoms with Gasteiger partial charge in [-0.25, -0.2) is 9.97 Å². The summed E-state index contributed by atoms with van der Waals surface area (Å²) in [5, 5.41) is 0. The van der Waals surface area contributed by atoms with Gasteiger partial charge in [-0.2, -0.15) is 13.2 Å². The first kappa shape index (κ1) is 12.3. The summed E-state index contributed by atoms with van der Waals surface area (Å²) in [6.07, 6.45) is -1.09. The van der Waals surface area contributed by atoms with E-state index in [1.807, 2.05) is 0 Å². The molecule has 3 heterocycles. The Bertz CT molecular complexity index is 584. The zero-order valence-corrected chi connectivity index (χ0v) is 10.2. The second-order valence-electron chi connectivity index (χ2n) is 4.67. The molecule has 0 unspecified atom stereocenters. The maximum atomic E-state index is 12.5. The van der Waals surface area contributed by atoms with E-state index in [0.717, 1.165) is 25.9 Å². The van der Waals surface area contributed by atoms with Gasteiger partial charge < -0.3 is 9.88 Å². The Morgan fingerprint density at radius 2 is 1.79 bits per heavy atom. The Balaban J connectivity index is 1.96. The minimum atomic E-state index is -4.47. The van der Waals surface area contributed by atoms with E-state index in [1.54, 1.807) is 12.1 Å². The SMILES string of the molecule is FC(F)(F)c1nc2nc(N3CCCCC3)ccc2[nH]1. The van der Waals surface area contributed by atoms with Gasteiger partial charge in [0.1, 0.15) is 5.82 Å². The molecule has 0 spiro atoms. The average molecular weight is 270 g/mol. The maximum absolute atomic E-state index is 12.5. The molecule has 2 aromatic rings. The van der Waals surface area contributed by atoms with Crippen molar-refractivity contribution in [2.24, 2.45) is 0 Å². The quantitative estimate of drug-likeness (QED) is 0.866. The number of piperidine rings is 1. The number of alkyl halides is 3. The number of anilines is 1. The van der Waals surface area contributed by atoms with Gasteiger partial charge in [0, 0.05) is 13.1 Å². The summed E-state index contributed by atoms with van der Waals surface area (Å²) in [5.41, 5.74) is 0.434. The molecule has 19 heavy (non-hydrogen) atoms. The molecule has 0 aromatic carbocycles. The molecule has 0 aliphatic carbocycles. The lowest BCUT2D eigenvalue weighted by molar-refractivity contribution is -0.144. The largest absolute Gasteiger partial charge is 0.449 e. The zero-order chi connectivity index (χ0) is 13.5. The molecule has 0 radical (unpaired) electrons. The summed E-state index contributed by atoms with van der Waals surface area (Å²) in [4.78, 5) is 12.1. The zero-order valence-electron chi connectivity index (χ0n) is 10.2. The van der Waals surface area contributed by atoms with Gasteiger partial charge in [0.15, 0.2) is 5.65 Å². The molecular formula is C12H13F3N4. The Labute approximate surface area is 107 Å². The van der Waals surface area contributed by atoms with Gasteiger partial charge in [-0.05, 0) is 31.4 Å². The van der Waals surface area contributed by atoms with E-state index >= 15 is 0 Å². The minimum absolute atomic E-state index is 0.121. The van der Waals surface area contributed by atoms with Gasteiger partial charge in [-0.1, -0.05) is 0 Å². The molecular weight excluding hydrogens is 257 g/mol. The standard InChI is InChI=1S/C12H13F3N4/c13-12(14,15)11-16-8-4-5-9(17-10(8)18-11)19-6-2-1-3-7-19/h4-5H,1-3,6-7H2,(H,16,17,18). The second-order valence-corrected chi connectivity index (χ2v) is 4.67. The molecule has 3 rings (SSSR count). The van der Waals surface area contributed by atoms with E-state index in [9.17, 15) is 13.2 Å². The first-order chi connectivity index (χ1) is 9.04. The van der Waals surface area contributed by atoms with E-state index in [1.165, 1.54) is 6.42 Å². The third kappa shape index (κ3) is 2.36. The van der Waals surface area contributed by atoms with Crippen molar-refractivity contribution in [2.45, 2.75) is 25.4 Å². The fourth-order valence-corrected chi connectivity index (χ4v) is 2.32. The Morgan fingerprint density at radius 3 is 2.47 bits per heavy atom. The fourth-order valence-electron chi connectivity index (χ4n) is 2.32. The molecule has 1 aliphatic heterocycles. The first-order valence-electron chi connectivity index (χ1n) is 6.23. The van der Waals surface area contributed by atoms with E-state index in [-0.39, 0.29) is 5.65 Å². The van der Waals surface area contributed by atoms with Crippen LogP contribution in [0.15, 0.2) is 12.1 Å². The fraction of sp³-hybridized carbons (Fsp3) is 0.500. The number of aromatic amines is 1. The number of rotatable bonds is 1. The number of pyridine rings is 1. The van der Waals surface area contributed by atoms with E-state index in [4.69, 9.17) is 0 Å². The Morgan fingerprint density at radius 1 is 1.05 bits per heavy atom. The van der Waals surface area contributed by atoms with Crippen LogP contribution in [0.4, 0.5) is 19.0 Å². The van der Waals surface area contributed by atoms with Gasteiger partial charge in [-0.15, -0.1) is 0 Å². The molecule has 0 amide bonds. The van der Waals surface area contributed by atoms with Crippen LogP contribution in [0.1, 0.15) is 25.1 Å². The summed E-state index contributed by atoms with van der Waals surface area (Å²) >= 11 is 0. The van der Waals surface area contributed by atoms with Crippen molar-refractivity contribution >= 4 is 17.0 Å². The first-order valence-corrected chi connectivity index (χ1v) is 6.23. The number of nitrogens with one attached hydrogen (secondary N) is 1. The molecule has 1 aliphatic rings. The van der Waals surface area contributed by atoms with Crippen LogP contribution in [-0.4, -0.2) is 28.0 Å². The molecule has 7 heteroatoms.